The van der Waals surface area contributed by atoms with Crippen molar-refractivity contribution in [2.45, 2.75) is 229 Å². The van der Waals surface area contributed by atoms with Crippen LogP contribution in [0.2, 0.25) is 0 Å². The average Bonchev–Trinajstić information content (AvgIpc) is 0.692. The molecule has 1 aromatic carbocycles. The Morgan fingerprint density at radius 3 is 1.97 bits per heavy atom. The van der Waals surface area contributed by atoms with Gasteiger partial charge < -0.3 is 101 Å². The summed E-state index contributed by atoms with van der Waals surface area (Å²) in [4.78, 5) is 111. The van der Waals surface area contributed by atoms with Crippen molar-refractivity contribution in [1.82, 2.24) is 26.2 Å². The lowest BCUT2D eigenvalue weighted by Crippen LogP contribution is -2.75. The number of aromatic hydroxyl groups is 1. The molecule has 26 atom stereocenters. The molecule has 14 N–H and O–H groups in total. The van der Waals surface area contributed by atoms with Gasteiger partial charge in [-0.05, 0) is 106 Å². The van der Waals surface area contributed by atoms with Crippen molar-refractivity contribution in [3.05, 3.63) is 29.3 Å². The lowest BCUT2D eigenvalue weighted by Gasteiger charge is -2.54. The zero-order chi connectivity index (χ0) is 69.5. The lowest BCUT2D eigenvalue weighted by atomic mass is 9.50. The van der Waals surface area contributed by atoms with Gasteiger partial charge in [-0.25, -0.2) is 0 Å². The van der Waals surface area contributed by atoms with Gasteiger partial charge in [0.25, 0.3) is 0 Å². The van der Waals surface area contributed by atoms with E-state index in [0.717, 1.165) is 0 Å². The number of carbonyl (C=O) groups is 8. The van der Waals surface area contributed by atoms with Crippen LogP contribution >= 0.6 is 0 Å². The molecule has 524 valence electrons. The molecule has 0 radical (unpaired) electrons. The van der Waals surface area contributed by atoms with Crippen LogP contribution in [0.15, 0.2) is 18.2 Å². The van der Waals surface area contributed by atoms with E-state index in [4.69, 9.17) is 34.2 Å². The molecule has 28 heteroatoms. The van der Waals surface area contributed by atoms with Crippen molar-refractivity contribution >= 4 is 46.8 Å². The number of nitrogens with one attached hydrogen (secondary N) is 4. The van der Waals surface area contributed by atoms with E-state index in [1.54, 1.807) is 48.5 Å². The maximum atomic E-state index is 14.6. The Bertz CT molecular complexity index is 2910. The number of methoxy groups -OCH3 is 1. The third-order valence-electron chi connectivity index (χ3n) is 21.2. The quantitative estimate of drug-likeness (QED) is 0.0438. The maximum absolute atomic E-state index is 14.6. The number of phenolic OH excluding ortho intramolecular Hbond substituents is 1. The number of fused-ring (bicyclic) bond motifs is 3. The van der Waals surface area contributed by atoms with Gasteiger partial charge >= 0.3 is 5.97 Å². The second kappa shape index (κ2) is 29.4. The van der Waals surface area contributed by atoms with E-state index in [0.29, 0.717) is 6.42 Å². The molecule has 3 amide bonds. The van der Waals surface area contributed by atoms with Gasteiger partial charge in [0.1, 0.15) is 29.7 Å². The summed E-state index contributed by atoms with van der Waals surface area (Å²) in [6.45, 7) is 17.6. The number of likely N-dealkylation sites (N-methyl/N-ethyl adjacent to an activating group) is 1. The molecule has 28 nitrogen and oxygen atoms in total. The number of carbonyl (C=O) groups excluding carboxylic acids is 8. The molecule has 3 saturated heterocycles. The average molecular weight is 1320 g/mol. The van der Waals surface area contributed by atoms with Crippen LogP contribution in [-0.4, -0.2) is 242 Å². The number of ketones is 4. The highest BCUT2D eigenvalue weighted by Crippen LogP contribution is 2.55. The topological polar surface area (TPSA) is 431 Å². The van der Waals surface area contributed by atoms with Crippen molar-refractivity contribution in [1.29, 1.82) is 0 Å². The first-order valence-electron chi connectivity index (χ1n) is 32.5. The van der Waals surface area contributed by atoms with E-state index in [9.17, 15) is 79.2 Å². The van der Waals surface area contributed by atoms with Gasteiger partial charge in [-0.15, -0.1) is 0 Å². The van der Waals surface area contributed by atoms with Crippen molar-refractivity contribution in [3.63, 3.8) is 0 Å². The molecule has 3 aliphatic heterocycles. The van der Waals surface area contributed by atoms with Crippen molar-refractivity contribution in [2.75, 3.05) is 47.4 Å². The third kappa shape index (κ3) is 14.9. The van der Waals surface area contributed by atoms with E-state index in [-0.39, 0.29) is 69.4 Å². The number of amides is 3. The predicted molar refractivity (Wildman–Crippen MR) is 330 cm³/mol. The second-order valence-electron chi connectivity index (χ2n) is 28.2. The Morgan fingerprint density at radius 1 is 0.774 bits per heavy atom. The minimum absolute atomic E-state index is 0.00382. The van der Waals surface area contributed by atoms with Crippen LogP contribution in [0, 0.1) is 47.3 Å². The predicted octanol–water partition coefficient (Wildman–Crippen LogP) is -1.24. The van der Waals surface area contributed by atoms with Crippen LogP contribution in [0.25, 0.3) is 0 Å². The Hall–Kier alpha value is -5.02. The Labute approximate surface area is 543 Å². The summed E-state index contributed by atoms with van der Waals surface area (Å²) >= 11 is 0. The number of phenols is 1. The maximum Gasteiger partial charge on any atom is 0.311 e. The molecular weight excluding hydrogens is 1220 g/mol. The zero-order valence-electron chi connectivity index (χ0n) is 56.0. The van der Waals surface area contributed by atoms with Crippen LogP contribution in [0.5, 0.6) is 5.75 Å². The molecule has 3 heterocycles. The molecule has 1 aromatic rings. The number of esters is 1. The minimum Gasteiger partial charge on any atom is -0.507 e. The summed E-state index contributed by atoms with van der Waals surface area (Å²) in [5.74, 6) is -19.4. The number of rotatable bonds is 19. The minimum atomic E-state index is -3.09. The summed E-state index contributed by atoms with van der Waals surface area (Å²) < 4.78 is 38.0. The molecule has 11 unspecified atom stereocenters. The number of primary amides is 1. The van der Waals surface area contributed by atoms with Crippen molar-refractivity contribution in [3.8, 4) is 5.75 Å². The fourth-order valence-electron chi connectivity index (χ4n) is 15.8. The SMILES string of the molecule is CC[C@H]1OC(=O)[C@H](C)[C@@H](OC2CC(C)(OC)C(O)C(C)O2)[C@H](C)[C@@H](OC2OC(C)CC(N(C)C)C2O)[C@](C)(O)C[C@@H](C)[C@H](NCCNC(=O)CCC(=O)NCCNC2C(=O)C(C(N)=O)C(=O)[C@@]3(O)C(=O)C4C(=O)c5c(O)cccc5[C@@](C)(O)[C@H]4C[C@@H]23)[C@H](C)[C@@H](O)[C@]1(C)O. The van der Waals surface area contributed by atoms with Gasteiger partial charge in [0, 0.05) is 88.3 Å². The fraction of sp³-hybridized carbons (Fsp3) is 0.785. The first-order valence-corrected chi connectivity index (χ1v) is 32.5. The highest BCUT2D eigenvalue weighted by molar-refractivity contribution is 6.32. The van der Waals surface area contributed by atoms with Crippen LogP contribution in [0.4, 0.5) is 0 Å². The Balaban J connectivity index is 1.03. The normalized spacial score (nSPS) is 42.7. The number of nitrogens with zero attached hydrogens (tertiary/aromatic N) is 1. The number of ether oxygens (including phenoxy) is 6. The van der Waals surface area contributed by atoms with Gasteiger partial charge in [-0.1, -0.05) is 39.8 Å². The summed E-state index contributed by atoms with van der Waals surface area (Å²) in [7, 11) is 5.10. The van der Waals surface area contributed by atoms with Crippen LogP contribution in [-0.2, 0) is 67.6 Å². The molecule has 7 rings (SSSR count). The number of hydrogen-bond acceptors (Lipinski definition) is 25. The molecule has 93 heavy (non-hydrogen) atoms. The molecule has 0 aromatic heterocycles. The summed E-state index contributed by atoms with van der Waals surface area (Å²) in [6.07, 6.45) is -11.6. The molecular formula is C65H102N6O22. The smallest absolute Gasteiger partial charge is 0.311 e. The molecule has 2 saturated carbocycles. The highest BCUT2D eigenvalue weighted by atomic mass is 16.7. The number of aliphatic hydroxyl groups is 7. The number of cyclic esters (lactones) is 1. The Kier molecular flexibility index (Phi) is 23.8. The molecule has 6 aliphatic rings. The summed E-state index contributed by atoms with van der Waals surface area (Å²) in [5.41, 5.74) is -5.02. The van der Waals surface area contributed by atoms with Crippen LogP contribution in [0.3, 0.4) is 0 Å². The van der Waals surface area contributed by atoms with E-state index in [1.807, 2.05) is 32.8 Å². The van der Waals surface area contributed by atoms with Gasteiger partial charge in [0.05, 0.1) is 70.8 Å². The van der Waals surface area contributed by atoms with Gasteiger partial charge in [-0.3, -0.25) is 38.4 Å². The monoisotopic (exact) mass is 1320 g/mol. The summed E-state index contributed by atoms with van der Waals surface area (Å²) in [6, 6.07) is 1.17. The number of Topliss-reactive ketones (excluding diaryl/α,β-unsaturated/α-hetero) is 4. The van der Waals surface area contributed by atoms with E-state index < -0.39 is 214 Å². The lowest BCUT2D eigenvalue weighted by molar-refractivity contribution is -0.318. The number of aliphatic hydroxyl groups excluding tert-OH is 3. The van der Waals surface area contributed by atoms with E-state index in [1.165, 1.54) is 39.2 Å². The first-order chi connectivity index (χ1) is 43.2. The Morgan fingerprint density at radius 2 is 1.39 bits per heavy atom. The number of benzene rings is 1. The van der Waals surface area contributed by atoms with Crippen molar-refractivity contribution in [2.24, 2.45) is 53.1 Å². The van der Waals surface area contributed by atoms with E-state index in [2.05, 4.69) is 21.3 Å². The molecule has 3 aliphatic carbocycles. The van der Waals surface area contributed by atoms with E-state index >= 15 is 0 Å². The zero-order valence-corrected chi connectivity index (χ0v) is 56.0. The largest absolute Gasteiger partial charge is 0.507 e. The van der Waals surface area contributed by atoms with Crippen LogP contribution < -0.4 is 27.0 Å². The van der Waals surface area contributed by atoms with Crippen LogP contribution in [0.1, 0.15) is 137 Å². The van der Waals surface area contributed by atoms with Gasteiger partial charge in [0.15, 0.2) is 47.2 Å². The van der Waals surface area contributed by atoms with Crippen molar-refractivity contribution < 1.29 is 108 Å². The molecule has 5 fully saturated rings. The number of hydrogen-bond donors (Lipinski definition) is 13. The standard InChI is InChI=1S/C65H102N6O22/c1-15-40-64(11,86)53(78)31(4)47(29(2)27-61(8,84)57(93-60-49(75)38(71(12)13)25-30(3)89-60)32(5)52(33(6)59(83)91-40)92-43-28-62(9,88-14)54(79)34(7)90-43)69-23-21-67-41(73)19-20-42(74)68-22-24-70-48-37-26-36-45(50(76)44-35(63(36,10)85)17-16-18-39(44)72)55(80)65(37,87)56(81)46(51(48)77)58(66)82/h16-18,29-34,36-38,40,43,45-49,52-54,57,60,69-70,72,75,78-79,84-87H,15,19-28H2,1-14H3,(H2,66,82)(H,67,73)(H,68,74)/t29-,30?,31+,32+,33-,34?,36+,37+,38?,40-,43?,45?,46?,47+,48?,49?,52+,53-,54?,57-,60?,61-,62?,63-,64-,65+/m1/s1. The highest BCUT2D eigenvalue weighted by Gasteiger charge is 2.71. The van der Waals surface area contributed by atoms with Gasteiger partial charge in [0.2, 0.25) is 17.7 Å². The number of nitrogens with two attached hydrogens (primary N) is 1. The third-order valence-corrected chi connectivity index (χ3v) is 21.2. The van der Waals surface area contributed by atoms with Gasteiger partial charge in [-0.2, -0.15) is 0 Å². The fourth-order valence-corrected chi connectivity index (χ4v) is 15.8. The molecule has 0 spiro atoms. The second-order valence-corrected chi connectivity index (χ2v) is 28.2. The molecule has 0 bridgehead atoms. The first kappa shape index (κ1) is 75.4. The summed E-state index contributed by atoms with van der Waals surface area (Å²) in [5, 5.41) is 107.